The molecule has 0 unspecified atom stereocenters. The smallest absolute Gasteiger partial charge is 0.252 e. The fraction of sp³-hybridized carbons (Fsp3) is 0.300. The van der Waals surface area contributed by atoms with Crippen molar-refractivity contribution in [3.63, 3.8) is 0 Å². The van der Waals surface area contributed by atoms with Crippen LogP contribution in [0.15, 0.2) is 18.2 Å². The second-order valence-corrected chi connectivity index (χ2v) is 3.26. The van der Waals surface area contributed by atoms with E-state index in [4.69, 9.17) is 5.73 Å². The maximum absolute atomic E-state index is 11.0. The highest BCUT2D eigenvalue weighted by Crippen LogP contribution is 2.26. The number of nitrogens with two attached hydrogens (primary N) is 1. The van der Waals surface area contributed by atoms with E-state index >= 15 is 0 Å². The molecule has 0 heterocycles. The SMILES string of the molecule is CC(C)c1cccc(O)c1C(N)=O. The molecule has 0 radical (unpaired) electrons. The maximum Gasteiger partial charge on any atom is 0.252 e. The van der Waals surface area contributed by atoms with Crippen molar-refractivity contribution in [2.75, 3.05) is 0 Å². The zero-order chi connectivity index (χ0) is 10.0. The molecule has 0 aromatic heterocycles. The molecule has 0 saturated carbocycles. The summed E-state index contributed by atoms with van der Waals surface area (Å²) in [6.45, 7) is 3.89. The van der Waals surface area contributed by atoms with E-state index in [2.05, 4.69) is 0 Å². The average Bonchev–Trinajstić information content (AvgIpc) is 2.02. The maximum atomic E-state index is 11.0. The molecule has 3 nitrogen and oxygen atoms in total. The van der Waals surface area contributed by atoms with Gasteiger partial charge in [-0.1, -0.05) is 26.0 Å². The molecule has 13 heavy (non-hydrogen) atoms. The Kier molecular flexibility index (Phi) is 2.56. The van der Waals surface area contributed by atoms with Crippen LogP contribution in [0.4, 0.5) is 0 Å². The number of rotatable bonds is 2. The van der Waals surface area contributed by atoms with Crippen molar-refractivity contribution in [1.29, 1.82) is 0 Å². The second-order valence-electron chi connectivity index (χ2n) is 3.26. The summed E-state index contributed by atoms with van der Waals surface area (Å²) in [5.74, 6) is -0.449. The van der Waals surface area contributed by atoms with Gasteiger partial charge in [0.15, 0.2) is 0 Å². The van der Waals surface area contributed by atoms with E-state index in [1.165, 1.54) is 6.07 Å². The third-order valence-corrected chi connectivity index (χ3v) is 1.94. The van der Waals surface area contributed by atoms with Gasteiger partial charge in [0.1, 0.15) is 5.75 Å². The Balaban J connectivity index is 3.34. The highest BCUT2D eigenvalue weighted by molar-refractivity contribution is 5.97. The van der Waals surface area contributed by atoms with E-state index in [1.54, 1.807) is 12.1 Å². The summed E-state index contributed by atoms with van der Waals surface area (Å²) in [6, 6.07) is 4.97. The zero-order valence-corrected chi connectivity index (χ0v) is 7.74. The first-order valence-electron chi connectivity index (χ1n) is 4.15. The van der Waals surface area contributed by atoms with Gasteiger partial charge in [-0.25, -0.2) is 0 Å². The molecule has 0 bridgehead atoms. The summed E-state index contributed by atoms with van der Waals surface area (Å²) in [5, 5.41) is 9.41. The Morgan fingerprint density at radius 2 is 2.08 bits per heavy atom. The molecule has 0 aliphatic heterocycles. The van der Waals surface area contributed by atoms with Crippen molar-refractivity contribution in [1.82, 2.24) is 0 Å². The largest absolute Gasteiger partial charge is 0.507 e. The molecular weight excluding hydrogens is 166 g/mol. The second kappa shape index (κ2) is 3.47. The molecule has 0 aliphatic rings. The van der Waals surface area contributed by atoms with Crippen LogP contribution in [0.2, 0.25) is 0 Å². The van der Waals surface area contributed by atoms with Gasteiger partial charge in [-0.15, -0.1) is 0 Å². The van der Waals surface area contributed by atoms with Crippen LogP contribution in [-0.4, -0.2) is 11.0 Å². The minimum absolute atomic E-state index is 0.0429. The molecule has 0 fully saturated rings. The molecule has 1 rings (SSSR count). The highest BCUT2D eigenvalue weighted by atomic mass is 16.3. The minimum atomic E-state index is -0.582. The Hall–Kier alpha value is -1.51. The first-order valence-corrected chi connectivity index (χ1v) is 4.15. The first-order chi connectivity index (χ1) is 6.04. The van der Waals surface area contributed by atoms with Gasteiger partial charge >= 0.3 is 0 Å². The van der Waals surface area contributed by atoms with Gasteiger partial charge in [-0.3, -0.25) is 4.79 Å². The van der Waals surface area contributed by atoms with Crippen molar-refractivity contribution in [2.45, 2.75) is 19.8 Å². The van der Waals surface area contributed by atoms with Crippen molar-refractivity contribution in [3.8, 4) is 5.75 Å². The number of hydrogen-bond acceptors (Lipinski definition) is 2. The third-order valence-electron chi connectivity index (χ3n) is 1.94. The predicted octanol–water partition coefficient (Wildman–Crippen LogP) is 1.61. The van der Waals surface area contributed by atoms with Gasteiger partial charge in [0, 0.05) is 0 Å². The quantitative estimate of drug-likeness (QED) is 0.724. The molecular formula is C10H13NO2. The van der Waals surface area contributed by atoms with Crippen LogP contribution in [0.1, 0.15) is 35.7 Å². The molecule has 0 atom stereocenters. The topological polar surface area (TPSA) is 63.3 Å². The molecule has 0 saturated heterocycles. The summed E-state index contributed by atoms with van der Waals surface area (Å²) in [7, 11) is 0. The number of carbonyl (C=O) groups excluding carboxylic acids is 1. The van der Waals surface area contributed by atoms with Crippen molar-refractivity contribution >= 4 is 5.91 Å². The van der Waals surface area contributed by atoms with Gasteiger partial charge in [0.05, 0.1) is 5.56 Å². The van der Waals surface area contributed by atoms with Gasteiger partial charge in [-0.05, 0) is 17.5 Å². The molecule has 70 valence electrons. The summed E-state index contributed by atoms with van der Waals surface area (Å²) in [5.41, 5.74) is 6.17. The lowest BCUT2D eigenvalue weighted by Gasteiger charge is -2.10. The summed E-state index contributed by atoms with van der Waals surface area (Å²) >= 11 is 0. The highest BCUT2D eigenvalue weighted by Gasteiger charge is 2.14. The van der Waals surface area contributed by atoms with Gasteiger partial charge in [-0.2, -0.15) is 0 Å². The van der Waals surface area contributed by atoms with Crippen LogP contribution < -0.4 is 5.73 Å². The van der Waals surface area contributed by atoms with Gasteiger partial charge < -0.3 is 10.8 Å². The average molecular weight is 179 g/mol. The number of primary amides is 1. The van der Waals surface area contributed by atoms with Crippen LogP contribution in [-0.2, 0) is 0 Å². The lowest BCUT2D eigenvalue weighted by atomic mass is 9.96. The Morgan fingerprint density at radius 3 is 2.46 bits per heavy atom. The number of phenols is 1. The monoisotopic (exact) mass is 179 g/mol. The number of hydrogen-bond donors (Lipinski definition) is 2. The lowest BCUT2D eigenvalue weighted by molar-refractivity contribution is 0.0996. The van der Waals surface area contributed by atoms with Crippen molar-refractivity contribution in [2.24, 2.45) is 5.73 Å². The molecule has 0 aliphatic carbocycles. The molecule has 3 heteroatoms. The minimum Gasteiger partial charge on any atom is -0.507 e. The van der Waals surface area contributed by atoms with Crippen molar-refractivity contribution < 1.29 is 9.90 Å². The van der Waals surface area contributed by atoms with E-state index in [0.717, 1.165) is 5.56 Å². The normalized spacial score (nSPS) is 10.4. The Bertz CT molecular complexity index is 332. The Labute approximate surface area is 77.2 Å². The van der Waals surface area contributed by atoms with E-state index in [9.17, 15) is 9.90 Å². The predicted molar refractivity (Wildman–Crippen MR) is 50.7 cm³/mol. The Morgan fingerprint density at radius 1 is 1.46 bits per heavy atom. The number of amides is 1. The van der Waals surface area contributed by atoms with Gasteiger partial charge in [0.2, 0.25) is 0 Å². The van der Waals surface area contributed by atoms with E-state index in [-0.39, 0.29) is 17.2 Å². The standard InChI is InChI=1S/C10H13NO2/c1-6(2)7-4-3-5-8(12)9(7)10(11)13/h3-6,12H,1-2H3,(H2,11,13). The van der Waals surface area contributed by atoms with Crippen LogP contribution in [0, 0.1) is 0 Å². The van der Waals surface area contributed by atoms with E-state index in [1.807, 2.05) is 13.8 Å². The van der Waals surface area contributed by atoms with Crippen molar-refractivity contribution in [3.05, 3.63) is 29.3 Å². The number of carbonyl (C=O) groups is 1. The molecule has 0 spiro atoms. The molecule has 1 aromatic carbocycles. The van der Waals surface area contributed by atoms with Crippen LogP contribution in [0.25, 0.3) is 0 Å². The number of benzene rings is 1. The van der Waals surface area contributed by atoms with Crippen LogP contribution in [0.5, 0.6) is 5.75 Å². The van der Waals surface area contributed by atoms with E-state index in [0.29, 0.717) is 0 Å². The molecule has 1 aromatic rings. The fourth-order valence-electron chi connectivity index (χ4n) is 1.31. The van der Waals surface area contributed by atoms with Gasteiger partial charge in [0.25, 0.3) is 5.91 Å². The lowest BCUT2D eigenvalue weighted by Crippen LogP contribution is -2.14. The van der Waals surface area contributed by atoms with Crippen LogP contribution in [0.3, 0.4) is 0 Å². The third kappa shape index (κ3) is 1.80. The zero-order valence-electron chi connectivity index (χ0n) is 7.74. The summed E-state index contributed by atoms with van der Waals surface area (Å²) in [6.07, 6.45) is 0. The van der Waals surface area contributed by atoms with E-state index < -0.39 is 5.91 Å². The molecule has 3 N–H and O–H groups in total. The van der Waals surface area contributed by atoms with Crippen LogP contribution >= 0.6 is 0 Å². The summed E-state index contributed by atoms with van der Waals surface area (Å²) < 4.78 is 0. The number of aromatic hydroxyl groups is 1. The first kappa shape index (κ1) is 9.58. The fourth-order valence-corrected chi connectivity index (χ4v) is 1.31. The molecule has 1 amide bonds. The summed E-state index contributed by atoms with van der Waals surface area (Å²) in [4.78, 5) is 11.0.